The largest absolute Gasteiger partial charge is 0.458 e. The number of alkyl carbamates (subject to hydrolysis) is 1. The maximum Gasteiger partial charge on any atom is 0.408 e. The molecular formula is C32H45N3O6. The van der Waals surface area contributed by atoms with Crippen LogP contribution in [0.25, 0.3) is 0 Å². The van der Waals surface area contributed by atoms with Gasteiger partial charge in [-0.15, -0.1) is 0 Å². The first kappa shape index (κ1) is 33.3. The Morgan fingerprint density at radius 1 is 0.756 bits per heavy atom. The Morgan fingerprint density at radius 3 is 1.76 bits per heavy atom. The molecule has 0 aliphatic heterocycles. The van der Waals surface area contributed by atoms with E-state index in [4.69, 9.17) is 9.47 Å². The van der Waals surface area contributed by atoms with Crippen molar-refractivity contribution in [3.63, 3.8) is 0 Å². The summed E-state index contributed by atoms with van der Waals surface area (Å²) in [6, 6.07) is 14.7. The van der Waals surface area contributed by atoms with E-state index in [1.807, 2.05) is 36.4 Å². The molecule has 3 atom stereocenters. The number of ether oxygens (including phenoxy) is 2. The summed E-state index contributed by atoms with van der Waals surface area (Å²) in [5.74, 6) is -1.61. The second-order valence-electron chi connectivity index (χ2n) is 12.3. The summed E-state index contributed by atoms with van der Waals surface area (Å²) in [7, 11) is 0. The van der Waals surface area contributed by atoms with Crippen molar-refractivity contribution >= 4 is 23.9 Å². The Balaban J connectivity index is 2.45. The second-order valence-corrected chi connectivity index (χ2v) is 12.3. The number of hydrogen-bond acceptors (Lipinski definition) is 6. The molecule has 3 amide bonds. The number of nitrogens with zero attached hydrogens (tertiary/aromatic N) is 1. The molecule has 9 heteroatoms. The molecule has 224 valence electrons. The molecule has 3 unspecified atom stereocenters. The predicted molar refractivity (Wildman–Crippen MR) is 158 cm³/mol. The lowest BCUT2D eigenvalue weighted by Gasteiger charge is -2.37. The summed E-state index contributed by atoms with van der Waals surface area (Å²) < 4.78 is 11.0. The number of esters is 1. The van der Waals surface area contributed by atoms with Gasteiger partial charge in [0.15, 0.2) is 0 Å². The molecule has 0 spiro atoms. The normalized spacial score (nSPS) is 13.9. The van der Waals surface area contributed by atoms with Gasteiger partial charge < -0.3 is 25.0 Å². The summed E-state index contributed by atoms with van der Waals surface area (Å²) in [5, 5.41) is 5.44. The van der Waals surface area contributed by atoms with E-state index in [2.05, 4.69) is 10.6 Å². The highest BCUT2D eigenvalue weighted by molar-refractivity contribution is 5.94. The summed E-state index contributed by atoms with van der Waals surface area (Å²) in [5.41, 5.74) is -0.115. The molecule has 2 rings (SSSR count). The molecule has 0 saturated carbocycles. The minimum Gasteiger partial charge on any atom is -0.458 e. The van der Waals surface area contributed by atoms with Gasteiger partial charge in [0.1, 0.15) is 29.3 Å². The fourth-order valence-corrected chi connectivity index (χ4v) is 4.19. The second kappa shape index (κ2) is 14.1. The molecule has 0 aliphatic carbocycles. The number of hydrogen-bond donors (Lipinski definition) is 2. The Morgan fingerprint density at radius 2 is 1.27 bits per heavy atom. The van der Waals surface area contributed by atoms with Gasteiger partial charge in [-0.2, -0.15) is 0 Å². The third kappa shape index (κ3) is 10.9. The van der Waals surface area contributed by atoms with Crippen LogP contribution >= 0.6 is 0 Å². The Bertz CT molecular complexity index is 1170. The quantitative estimate of drug-likeness (QED) is 0.393. The zero-order valence-corrected chi connectivity index (χ0v) is 25.7. The molecule has 2 aromatic rings. The standard InChI is InChI=1S/C32H45N3O6/c1-21(2)35(28(37)22(3)33-30(39)41-32(7,8)9)26(24-18-14-11-15-19-24)27(36)34-25(29(38)40-31(4,5)6)20-23-16-12-10-13-17-23/h10-19,21-22,25-26H,20H2,1-9H3,(H,33,39)(H,34,36). The van der Waals surface area contributed by atoms with E-state index in [1.54, 1.807) is 86.6 Å². The van der Waals surface area contributed by atoms with Crippen LogP contribution in [0.4, 0.5) is 4.79 Å². The first-order valence-corrected chi connectivity index (χ1v) is 13.9. The maximum absolute atomic E-state index is 14.1. The van der Waals surface area contributed by atoms with Crippen LogP contribution in [0.5, 0.6) is 0 Å². The van der Waals surface area contributed by atoms with Gasteiger partial charge in [-0.1, -0.05) is 60.7 Å². The average molecular weight is 568 g/mol. The lowest BCUT2D eigenvalue weighted by molar-refractivity contribution is -0.159. The maximum atomic E-state index is 14.1. The molecule has 0 saturated heterocycles. The highest BCUT2D eigenvalue weighted by atomic mass is 16.6. The minimum absolute atomic E-state index is 0.204. The van der Waals surface area contributed by atoms with Gasteiger partial charge >= 0.3 is 12.1 Å². The summed E-state index contributed by atoms with van der Waals surface area (Å²) in [4.78, 5) is 55.0. The Labute approximate surface area is 244 Å². The molecule has 0 aliphatic rings. The first-order valence-electron chi connectivity index (χ1n) is 13.9. The highest BCUT2D eigenvalue weighted by Crippen LogP contribution is 2.25. The van der Waals surface area contributed by atoms with E-state index in [0.29, 0.717) is 5.56 Å². The Hall–Kier alpha value is -3.88. The number of nitrogens with one attached hydrogen (secondary N) is 2. The topological polar surface area (TPSA) is 114 Å². The average Bonchev–Trinajstić information content (AvgIpc) is 2.85. The first-order chi connectivity index (χ1) is 19.0. The molecule has 0 bridgehead atoms. The Kier molecular flexibility index (Phi) is 11.5. The van der Waals surface area contributed by atoms with Crippen molar-refractivity contribution in [3.8, 4) is 0 Å². The SMILES string of the molecule is CC(NC(=O)OC(C)(C)C)C(=O)N(C(C)C)C(C(=O)NC(Cc1ccccc1)C(=O)OC(C)(C)C)c1ccccc1. The third-order valence-electron chi connectivity index (χ3n) is 5.85. The van der Waals surface area contributed by atoms with Gasteiger partial charge in [-0.05, 0) is 73.4 Å². The van der Waals surface area contributed by atoms with E-state index in [1.165, 1.54) is 4.90 Å². The van der Waals surface area contributed by atoms with E-state index in [0.717, 1.165) is 5.56 Å². The van der Waals surface area contributed by atoms with Crippen LogP contribution < -0.4 is 10.6 Å². The van der Waals surface area contributed by atoms with E-state index >= 15 is 0 Å². The van der Waals surface area contributed by atoms with Crippen molar-refractivity contribution in [1.29, 1.82) is 0 Å². The van der Waals surface area contributed by atoms with Crippen LogP contribution in [0.1, 0.15) is 79.5 Å². The van der Waals surface area contributed by atoms with Crippen molar-refractivity contribution < 1.29 is 28.7 Å². The number of benzene rings is 2. The van der Waals surface area contributed by atoms with Crippen molar-refractivity contribution in [1.82, 2.24) is 15.5 Å². The van der Waals surface area contributed by atoms with Crippen molar-refractivity contribution in [2.24, 2.45) is 0 Å². The molecule has 9 nitrogen and oxygen atoms in total. The smallest absolute Gasteiger partial charge is 0.408 e. The van der Waals surface area contributed by atoms with Crippen molar-refractivity contribution in [3.05, 3.63) is 71.8 Å². The molecule has 0 heterocycles. The zero-order chi connectivity index (χ0) is 31.0. The van der Waals surface area contributed by atoms with Crippen molar-refractivity contribution in [2.45, 2.75) is 104 Å². The fraction of sp³-hybridized carbons (Fsp3) is 0.500. The van der Waals surface area contributed by atoms with Gasteiger partial charge in [0.25, 0.3) is 0 Å². The van der Waals surface area contributed by atoms with Crippen LogP contribution in [0, 0.1) is 0 Å². The molecule has 41 heavy (non-hydrogen) atoms. The van der Waals surface area contributed by atoms with Crippen LogP contribution in [0.15, 0.2) is 60.7 Å². The molecular weight excluding hydrogens is 522 g/mol. The molecule has 0 radical (unpaired) electrons. The van der Waals surface area contributed by atoms with Crippen LogP contribution in [-0.4, -0.2) is 58.1 Å². The van der Waals surface area contributed by atoms with Crippen LogP contribution in [0.3, 0.4) is 0 Å². The van der Waals surface area contributed by atoms with E-state index < -0.39 is 59.2 Å². The summed E-state index contributed by atoms with van der Waals surface area (Å²) in [6.07, 6.45) is -0.537. The van der Waals surface area contributed by atoms with Crippen molar-refractivity contribution in [2.75, 3.05) is 0 Å². The van der Waals surface area contributed by atoms with Gasteiger partial charge in [-0.3, -0.25) is 9.59 Å². The monoisotopic (exact) mass is 567 g/mol. The molecule has 2 aromatic carbocycles. The fourth-order valence-electron chi connectivity index (χ4n) is 4.19. The molecule has 0 fully saturated rings. The lowest BCUT2D eigenvalue weighted by atomic mass is 10.00. The minimum atomic E-state index is -1.09. The van der Waals surface area contributed by atoms with Gasteiger partial charge in [0.2, 0.25) is 11.8 Å². The number of carbonyl (C=O) groups is 4. The predicted octanol–water partition coefficient (Wildman–Crippen LogP) is 4.95. The van der Waals surface area contributed by atoms with Gasteiger partial charge in [0.05, 0.1) is 0 Å². The van der Waals surface area contributed by atoms with Crippen LogP contribution in [-0.2, 0) is 30.3 Å². The zero-order valence-electron chi connectivity index (χ0n) is 25.7. The van der Waals surface area contributed by atoms with Gasteiger partial charge in [-0.25, -0.2) is 9.59 Å². The summed E-state index contributed by atoms with van der Waals surface area (Å²) >= 11 is 0. The molecule has 2 N–H and O–H groups in total. The third-order valence-corrected chi connectivity index (χ3v) is 5.85. The lowest BCUT2D eigenvalue weighted by Crippen LogP contribution is -2.56. The number of amides is 3. The van der Waals surface area contributed by atoms with E-state index in [9.17, 15) is 19.2 Å². The number of carbonyl (C=O) groups excluding carboxylic acids is 4. The molecule has 0 aromatic heterocycles. The van der Waals surface area contributed by atoms with Gasteiger partial charge in [0, 0.05) is 12.5 Å². The van der Waals surface area contributed by atoms with Crippen LogP contribution in [0.2, 0.25) is 0 Å². The summed E-state index contributed by atoms with van der Waals surface area (Å²) in [6.45, 7) is 15.6. The van der Waals surface area contributed by atoms with E-state index in [-0.39, 0.29) is 6.42 Å². The highest BCUT2D eigenvalue weighted by Gasteiger charge is 2.38. The number of rotatable bonds is 10.